The van der Waals surface area contributed by atoms with Crippen LogP contribution in [0.1, 0.15) is 11.4 Å². The van der Waals surface area contributed by atoms with Gasteiger partial charge in [0, 0.05) is 20.0 Å². The van der Waals surface area contributed by atoms with Crippen molar-refractivity contribution < 1.29 is 5.11 Å². The third-order valence-electron chi connectivity index (χ3n) is 2.27. The van der Waals surface area contributed by atoms with Crippen LogP contribution in [0, 0.1) is 6.92 Å². The van der Waals surface area contributed by atoms with Gasteiger partial charge in [0.2, 0.25) is 0 Å². The van der Waals surface area contributed by atoms with Crippen LogP contribution >= 0.6 is 15.9 Å². The van der Waals surface area contributed by atoms with E-state index in [0.717, 1.165) is 15.9 Å². The zero-order chi connectivity index (χ0) is 11.6. The minimum absolute atomic E-state index is 0.355. The average molecular weight is 276 g/mol. The molecule has 0 aliphatic heterocycles. The Labute approximate surface area is 99.0 Å². The molecule has 0 radical (unpaired) electrons. The average Bonchev–Trinajstić information content (AvgIpc) is 2.31. The summed E-state index contributed by atoms with van der Waals surface area (Å²) < 4.78 is 2.82. The summed E-state index contributed by atoms with van der Waals surface area (Å²) in [4.78, 5) is 1.97. The molecule has 0 aliphatic carbocycles. The maximum Gasteiger partial charge on any atom is 0.0738 e. The van der Waals surface area contributed by atoms with Crippen LogP contribution in [0.2, 0.25) is 0 Å². The van der Waals surface area contributed by atoms with Crippen molar-refractivity contribution in [2.45, 2.75) is 19.4 Å². The van der Waals surface area contributed by atoms with Crippen molar-refractivity contribution >= 4 is 15.9 Å². The molecule has 1 rings (SSSR count). The number of aromatic nitrogens is 2. The third-order valence-corrected chi connectivity index (χ3v) is 3.30. The molecule has 4 nitrogen and oxygen atoms in total. The lowest BCUT2D eigenvalue weighted by Gasteiger charge is -2.16. The standard InChI is InChI=1S/C10H18BrN3O/c1-7-10(11)9(14(4)12-7)5-8(15)6-13(2)3/h8,15H,5-6H2,1-4H3. The van der Waals surface area contributed by atoms with E-state index in [1.807, 2.05) is 37.6 Å². The van der Waals surface area contributed by atoms with Crippen LogP contribution in [0.3, 0.4) is 0 Å². The number of nitrogens with zero attached hydrogens (tertiary/aromatic N) is 3. The third kappa shape index (κ3) is 3.29. The summed E-state index contributed by atoms with van der Waals surface area (Å²) in [6, 6.07) is 0. The van der Waals surface area contributed by atoms with Crippen molar-refractivity contribution in [2.75, 3.05) is 20.6 Å². The van der Waals surface area contributed by atoms with Gasteiger partial charge in [0.05, 0.1) is 22.0 Å². The number of hydrogen-bond donors (Lipinski definition) is 1. The molecule has 0 spiro atoms. The molecule has 0 aromatic carbocycles. The molecule has 0 saturated carbocycles. The number of aliphatic hydroxyl groups excluding tert-OH is 1. The highest BCUT2D eigenvalue weighted by Crippen LogP contribution is 2.21. The molecule has 0 saturated heterocycles. The van der Waals surface area contributed by atoms with Gasteiger partial charge in [0.15, 0.2) is 0 Å². The highest BCUT2D eigenvalue weighted by atomic mass is 79.9. The van der Waals surface area contributed by atoms with Gasteiger partial charge in [-0.2, -0.15) is 5.10 Å². The van der Waals surface area contributed by atoms with Crippen molar-refractivity contribution in [3.8, 4) is 0 Å². The quantitative estimate of drug-likeness (QED) is 0.890. The lowest BCUT2D eigenvalue weighted by atomic mass is 10.2. The first-order valence-corrected chi connectivity index (χ1v) is 5.72. The topological polar surface area (TPSA) is 41.3 Å². The molecule has 1 aromatic heterocycles. The van der Waals surface area contributed by atoms with E-state index in [4.69, 9.17) is 0 Å². The van der Waals surface area contributed by atoms with Crippen molar-refractivity contribution in [2.24, 2.45) is 7.05 Å². The number of aryl methyl sites for hydroxylation is 2. The molecular formula is C10H18BrN3O. The van der Waals surface area contributed by atoms with Gasteiger partial charge in [-0.25, -0.2) is 0 Å². The molecular weight excluding hydrogens is 258 g/mol. The predicted octanol–water partition coefficient (Wildman–Crippen LogP) is 0.956. The Morgan fingerprint density at radius 3 is 2.53 bits per heavy atom. The minimum Gasteiger partial charge on any atom is -0.391 e. The van der Waals surface area contributed by atoms with Crippen LogP contribution in [-0.4, -0.2) is 46.5 Å². The van der Waals surface area contributed by atoms with Gasteiger partial charge in [-0.05, 0) is 36.9 Å². The minimum atomic E-state index is -0.355. The van der Waals surface area contributed by atoms with Crippen molar-refractivity contribution in [3.05, 3.63) is 15.9 Å². The van der Waals surface area contributed by atoms with Gasteiger partial charge in [0.25, 0.3) is 0 Å². The van der Waals surface area contributed by atoms with Crippen LogP contribution in [0.4, 0.5) is 0 Å². The molecule has 0 amide bonds. The molecule has 1 aromatic rings. The van der Waals surface area contributed by atoms with Crippen LogP contribution in [0.25, 0.3) is 0 Å². The van der Waals surface area contributed by atoms with Crippen molar-refractivity contribution in [1.82, 2.24) is 14.7 Å². The monoisotopic (exact) mass is 275 g/mol. The van der Waals surface area contributed by atoms with E-state index >= 15 is 0 Å². The van der Waals surface area contributed by atoms with E-state index in [9.17, 15) is 5.11 Å². The first kappa shape index (κ1) is 12.7. The van der Waals surface area contributed by atoms with Crippen LogP contribution in [0.15, 0.2) is 4.47 Å². The molecule has 5 heteroatoms. The Balaban J connectivity index is 2.71. The molecule has 15 heavy (non-hydrogen) atoms. The van der Waals surface area contributed by atoms with E-state index < -0.39 is 0 Å². The van der Waals surface area contributed by atoms with Crippen LogP contribution in [-0.2, 0) is 13.5 Å². The normalized spacial score (nSPS) is 13.5. The smallest absolute Gasteiger partial charge is 0.0738 e. The van der Waals surface area contributed by atoms with Gasteiger partial charge in [0.1, 0.15) is 0 Å². The number of hydrogen-bond acceptors (Lipinski definition) is 3. The second kappa shape index (κ2) is 5.09. The lowest BCUT2D eigenvalue weighted by Crippen LogP contribution is -2.28. The van der Waals surface area contributed by atoms with Crippen LogP contribution < -0.4 is 0 Å². The molecule has 1 N–H and O–H groups in total. The fourth-order valence-electron chi connectivity index (χ4n) is 1.61. The zero-order valence-corrected chi connectivity index (χ0v) is 11.2. The molecule has 86 valence electrons. The summed E-state index contributed by atoms with van der Waals surface area (Å²) in [5, 5.41) is 14.1. The maximum absolute atomic E-state index is 9.83. The summed E-state index contributed by atoms with van der Waals surface area (Å²) in [5.74, 6) is 0. The summed E-state index contributed by atoms with van der Waals surface area (Å²) >= 11 is 3.49. The SMILES string of the molecule is Cc1nn(C)c(CC(O)CN(C)C)c1Br. The summed E-state index contributed by atoms with van der Waals surface area (Å²) in [6.45, 7) is 2.61. The molecule has 1 unspecified atom stereocenters. The van der Waals surface area contributed by atoms with Gasteiger partial charge in [-0.1, -0.05) is 0 Å². The number of rotatable bonds is 4. The number of likely N-dealkylation sites (N-methyl/N-ethyl adjacent to an activating group) is 1. The van der Waals surface area contributed by atoms with E-state index in [-0.39, 0.29) is 6.10 Å². The highest BCUT2D eigenvalue weighted by Gasteiger charge is 2.15. The van der Waals surface area contributed by atoms with Crippen LogP contribution in [0.5, 0.6) is 0 Å². The second-order valence-electron chi connectivity index (χ2n) is 4.09. The van der Waals surface area contributed by atoms with E-state index in [1.54, 1.807) is 0 Å². The molecule has 0 bridgehead atoms. The van der Waals surface area contributed by atoms with Gasteiger partial charge in [-0.15, -0.1) is 0 Å². The van der Waals surface area contributed by atoms with E-state index in [0.29, 0.717) is 13.0 Å². The number of halogens is 1. The van der Waals surface area contributed by atoms with Crippen molar-refractivity contribution in [3.63, 3.8) is 0 Å². The molecule has 0 aliphatic rings. The zero-order valence-electron chi connectivity index (χ0n) is 9.66. The highest BCUT2D eigenvalue weighted by molar-refractivity contribution is 9.10. The largest absolute Gasteiger partial charge is 0.391 e. The van der Waals surface area contributed by atoms with Crippen molar-refractivity contribution in [1.29, 1.82) is 0 Å². The summed E-state index contributed by atoms with van der Waals surface area (Å²) in [7, 11) is 5.80. The van der Waals surface area contributed by atoms with Gasteiger partial charge in [-0.3, -0.25) is 4.68 Å². The lowest BCUT2D eigenvalue weighted by molar-refractivity contribution is 0.135. The molecule has 1 atom stereocenters. The Hall–Kier alpha value is -0.390. The van der Waals surface area contributed by atoms with E-state index in [2.05, 4.69) is 21.0 Å². The van der Waals surface area contributed by atoms with Gasteiger partial charge < -0.3 is 10.0 Å². The Morgan fingerprint density at radius 2 is 2.13 bits per heavy atom. The Bertz CT molecular complexity index is 336. The van der Waals surface area contributed by atoms with E-state index in [1.165, 1.54) is 0 Å². The fourth-order valence-corrected chi connectivity index (χ4v) is 2.11. The fraction of sp³-hybridized carbons (Fsp3) is 0.700. The number of aliphatic hydroxyl groups is 1. The maximum atomic E-state index is 9.83. The summed E-state index contributed by atoms with van der Waals surface area (Å²) in [5.41, 5.74) is 2.01. The van der Waals surface area contributed by atoms with Gasteiger partial charge >= 0.3 is 0 Å². The second-order valence-corrected chi connectivity index (χ2v) is 4.88. The first-order valence-electron chi connectivity index (χ1n) is 4.92. The Morgan fingerprint density at radius 1 is 1.53 bits per heavy atom. The first-order chi connectivity index (χ1) is 6.91. The Kier molecular flexibility index (Phi) is 4.31. The predicted molar refractivity (Wildman–Crippen MR) is 63.9 cm³/mol. The summed E-state index contributed by atoms with van der Waals surface area (Å²) in [6.07, 6.45) is 0.266. The molecule has 0 fully saturated rings. The molecule has 1 heterocycles.